The van der Waals surface area contributed by atoms with Crippen LogP contribution in [0.2, 0.25) is 0 Å². The van der Waals surface area contributed by atoms with E-state index in [0.717, 1.165) is 42.5 Å². The molecule has 1 saturated carbocycles. The first kappa shape index (κ1) is 16.7. The molecule has 5 nitrogen and oxygen atoms in total. The zero-order chi connectivity index (χ0) is 18.3. The van der Waals surface area contributed by atoms with Gasteiger partial charge in [0.25, 0.3) is 0 Å². The minimum Gasteiger partial charge on any atom is -0.477 e. The molecule has 6 heteroatoms. The average Bonchev–Trinajstić information content (AvgIpc) is 3.08. The SMILES string of the molecule is Cc1cc(-c2cnc3c(C(=O)O)cnn3c2C2CCCCC2)ccc1F. The number of halogens is 1. The van der Waals surface area contributed by atoms with Crippen molar-refractivity contribution in [2.45, 2.75) is 44.9 Å². The molecular weight excluding hydrogens is 333 g/mol. The van der Waals surface area contributed by atoms with Crippen LogP contribution in [-0.4, -0.2) is 25.7 Å². The molecule has 2 heterocycles. The van der Waals surface area contributed by atoms with Crippen molar-refractivity contribution in [1.82, 2.24) is 14.6 Å². The lowest BCUT2D eigenvalue weighted by atomic mass is 9.84. The van der Waals surface area contributed by atoms with Gasteiger partial charge in [-0.05, 0) is 43.0 Å². The molecule has 0 spiro atoms. The van der Waals surface area contributed by atoms with Crippen LogP contribution in [0, 0.1) is 12.7 Å². The quantitative estimate of drug-likeness (QED) is 0.748. The minimum absolute atomic E-state index is 0.101. The average molecular weight is 353 g/mol. The first-order valence-electron chi connectivity index (χ1n) is 8.92. The van der Waals surface area contributed by atoms with E-state index in [0.29, 0.717) is 11.2 Å². The van der Waals surface area contributed by atoms with Crippen LogP contribution < -0.4 is 0 Å². The van der Waals surface area contributed by atoms with Crippen molar-refractivity contribution in [3.05, 3.63) is 53.2 Å². The van der Waals surface area contributed by atoms with Gasteiger partial charge < -0.3 is 5.11 Å². The summed E-state index contributed by atoms with van der Waals surface area (Å²) in [5.74, 6) is -0.988. The summed E-state index contributed by atoms with van der Waals surface area (Å²) in [5, 5.41) is 13.7. The molecule has 1 N–H and O–H groups in total. The number of hydrogen-bond donors (Lipinski definition) is 1. The normalized spacial score (nSPS) is 15.5. The highest BCUT2D eigenvalue weighted by atomic mass is 19.1. The van der Waals surface area contributed by atoms with Gasteiger partial charge in [0, 0.05) is 17.7 Å². The number of nitrogens with zero attached hydrogens (tertiary/aromatic N) is 3. The Bertz CT molecular complexity index is 990. The molecule has 0 unspecified atom stereocenters. The fourth-order valence-electron chi connectivity index (χ4n) is 3.90. The van der Waals surface area contributed by atoms with Crippen LogP contribution in [-0.2, 0) is 0 Å². The summed E-state index contributed by atoms with van der Waals surface area (Å²) < 4.78 is 15.4. The van der Waals surface area contributed by atoms with Crippen molar-refractivity contribution in [2.24, 2.45) is 0 Å². The number of aromatic carboxylic acids is 1. The van der Waals surface area contributed by atoms with Crippen molar-refractivity contribution in [1.29, 1.82) is 0 Å². The molecule has 1 aromatic carbocycles. The Kier molecular flexibility index (Phi) is 4.18. The maximum atomic E-state index is 13.7. The van der Waals surface area contributed by atoms with E-state index in [1.807, 2.05) is 6.07 Å². The largest absolute Gasteiger partial charge is 0.477 e. The fraction of sp³-hybridized carbons (Fsp3) is 0.350. The van der Waals surface area contributed by atoms with Gasteiger partial charge in [-0.3, -0.25) is 0 Å². The summed E-state index contributed by atoms with van der Waals surface area (Å²) in [6, 6.07) is 5.02. The lowest BCUT2D eigenvalue weighted by Crippen LogP contribution is -2.13. The van der Waals surface area contributed by atoms with Gasteiger partial charge in [-0.1, -0.05) is 25.3 Å². The zero-order valence-corrected chi connectivity index (χ0v) is 14.6. The number of hydrogen-bond acceptors (Lipinski definition) is 3. The molecule has 3 aromatic rings. The topological polar surface area (TPSA) is 67.5 Å². The van der Waals surface area contributed by atoms with E-state index in [1.165, 1.54) is 18.7 Å². The lowest BCUT2D eigenvalue weighted by molar-refractivity contribution is 0.0698. The van der Waals surface area contributed by atoms with Crippen LogP contribution in [0.4, 0.5) is 4.39 Å². The maximum absolute atomic E-state index is 13.7. The van der Waals surface area contributed by atoms with Crippen LogP contribution in [0.3, 0.4) is 0 Å². The van der Waals surface area contributed by atoms with Gasteiger partial charge in [-0.15, -0.1) is 0 Å². The number of carboxylic acid groups (broad SMARTS) is 1. The summed E-state index contributed by atoms with van der Waals surface area (Å²) in [6.45, 7) is 1.74. The molecule has 1 aliphatic rings. The van der Waals surface area contributed by atoms with Gasteiger partial charge >= 0.3 is 5.97 Å². The molecule has 0 bridgehead atoms. The molecule has 0 saturated heterocycles. The van der Waals surface area contributed by atoms with Crippen LogP contribution >= 0.6 is 0 Å². The van der Waals surface area contributed by atoms with E-state index in [4.69, 9.17) is 0 Å². The molecule has 1 aliphatic carbocycles. The third-order valence-corrected chi connectivity index (χ3v) is 5.26. The van der Waals surface area contributed by atoms with Gasteiger partial charge in [0.1, 0.15) is 11.4 Å². The maximum Gasteiger partial charge on any atom is 0.341 e. The second kappa shape index (κ2) is 6.52. The summed E-state index contributed by atoms with van der Waals surface area (Å²) in [4.78, 5) is 15.8. The van der Waals surface area contributed by atoms with Gasteiger partial charge in [0.2, 0.25) is 0 Å². The second-order valence-corrected chi connectivity index (χ2v) is 6.95. The number of carbonyl (C=O) groups is 1. The van der Waals surface area contributed by atoms with Crippen LogP contribution in [0.25, 0.3) is 16.8 Å². The molecule has 4 rings (SSSR count). The summed E-state index contributed by atoms with van der Waals surface area (Å²) >= 11 is 0. The number of rotatable bonds is 3. The Morgan fingerprint density at radius 1 is 1.23 bits per heavy atom. The molecule has 26 heavy (non-hydrogen) atoms. The summed E-state index contributed by atoms with van der Waals surface area (Å²) in [5.41, 5.74) is 3.79. The molecular formula is C20H20FN3O2. The van der Waals surface area contributed by atoms with Crippen molar-refractivity contribution >= 4 is 11.6 Å². The van der Waals surface area contributed by atoms with Crippen molar-refractivity contribution < 1.29 is 14.3 Å². The van der Waals surface area contributed by atoms with E-state index < -0.39 is 5.97 Å². The van der Waals surface area contributed by atoms with Crippen molar-refractivity contribution in [3.63, 3.8) is 0 Å². The second-order valence-electron chi connectivity index (χ2n) is 6.95. The predicted octanol–water partition coefficient (Wildman–Crippen LogP) is 4.59. The van der Waals surface area contributed by atoms with Crippen LogP contribution in [0.15, 0.2) is 30.6 Å². The Morgan fingerprint density at radius 2 is 2.00 bits per heavy atom. The van der Waals surface area contributed by atoms with Crippen LogP contribution in [0.5, 0.6) is 0 Å². The monoisotopic (exact) mass is 353 g/mol. The van der Waals surface area contributed by atoms with E-state index in [1.54, 1.807) is 23.7 Å². The summed E-state index contributed by atoms with van der Waals surface area (Å²) in [7, 11) is 0. The molecule has 2 aromatic heterocycles. The highest BCUT2D eigenvalue weighted by Gasteiger charge is 2.25. The Balaban J connectivity index is 1.96. The van der Waals surface area contributed by atoms with E-state index in [9.17, 15) is 14.3 Å². The first-order valence-corrected chi connectivity index (χ1v) is 8.92. The van der Waals surface area contributed by atoms with Gasteiger partial charge in [0.15, 0.2) is 5.65 Å². The Hall–Kier alpha value is -2.76. The fourth-order valence-corrected chi connectivity index (χ4v) is 3.90. The minimum atomic E-state index is -1.03. The smallest absolute Gasteiger partial charge is 0.341 e. The molecule has 1 fully saturated rings. The first-order chi connectivity index (χ1) is 12.6. The van der Waals surface area contributed by atoms with Crippen molar-refractivity contribution in [3.8, 4) is 11.1 Å². The third kappa shape index (κ3) is 2.75. The van der Waals surface area contributed by atoms with Gasteiger partial charge in [-0.25, -0.2) is 18.7 Å². The number of fused-ring (bicyclic) bond motifs is 1. The standard InChI is InChI=1S/C20H20FN3O2/c1-12-9-14(7-8-17(12)21)15-10-22-19-16(20(25)26)11-23-24(19)18(15)13-5-3-2-4-6-13/h7-11,13H,2-6H2,1H3,(H,25,26). The Morgan fingerprint density at radius 3 is 2.69 bits per heavy atom. The van der Waals surface area contributed by atoms with Crippen LogP contribution in [0.1, 0.15) is 59.6 Å². The number of carboxylic acids is 1. The van der Waals surface area contributed by atoms with Gasteiger partial charge in [-0.2, -0.15) is 5.10 Å². The molecule has 0 amide bonds. The highest BCUT2D eigenvalue weighted by molar-refractivity contribution is 5.94. The molecule has 0 aliphatic heterocycles. The molecule has 134 valence electrons. The predicted molar refractivity (Wildman–Crippen MR) is 95.9 cm³/mol. The van der Waals surface area contributed by atoms with Crippen molar-refractivity contribution in [2.75, 3.05) is 0 Å². The molecule has 0 radical (unpaired) electrons. The van der Waals surface area contributed by atoms with E-state index in [2.05, 4.69) is 10.1 Å². The Labute approximate surface area is 150 Å². The number of aromatic nitrogens is 3. The number of benzene rings is 1. The lowest BCUT2D eigenvalue weighted by Gasteiger charge is -2.25. The zero-order valence-electron chi connectivity index (χ0n) is 14.6. The van der Waals surface area contributed by atoms with E-state index >= 15 is 0 Å². The van der Waals surface area contributed by atoms with Gasteiger partial charge in [0.05, 0.1) is 11.9 Å². The number of aryl methyl sites for hydroxylation is 1. The third-order valence-electron chi connectivity index (χ3n) is 5.26. The molecule has 0 atom stereocenters. The summed E-state index contributed by atoms with van der Waals surface area (Å²) in [6.07, 6.45) is 8.64. The highest BCUT2D eigenvalue weighted by Crippen LogP contribution is 2.38. The van der Waals surface area contributed by atoms with E-state index in [-0.39, 0.29) is 17.3 Å².